The maximum atomic E-state index is 4.31. The van der Waals surface area contributed by atoms with E-state index in [4.69, 9.17) is 0 Å². The molecule has 1 rings (SSSR count). The Morgan fingerprint density at radius 2 is 2.12 bits per heavy atom. The second kappa shape index (κ2) is 5.48. The summed E-state index contributed by atoms with van der Waals surface area (Å²) in [5.74, 6) is 0. The van der Waals surface area contributed by atoms with Gasteiger partial charge in [-0.3, -0.25) is 4.68 Å². The van der Waals surface area contributed by atoms with Crippen LogP contribution in [0.1, 0.15) is 40.2 Å². The molecule has 0 saturated heterocycles. The van der Waals surface area contributed by atoms with Gasteiger partial charge >= 0.3 is 0 Å². The molecule has 0 bridgehead atoms. The third-order valence-corrected chi connectivity index (χ3v) is 2.68. The van der Waals surface area contributed by atoms with Crippen molar-refractivity contribution < 1.29 is 0 Å². The fraction of sp³-hybridized carbons (Fsp3) is 0.769. The number of hydrogen-bond donors (Lipinski definition) is 1. The summed E-state index contributed by atoms with van der Waals surface area (Å²) < 4.78 is 1.99. The van der Waals surface area contributed by atoms with E-state index in [2.05, 4.69) is 51.2 Å². The van der Waals surface area contributed by atoms with Crippen LogP contribution in [0.15, 0.2) is 12.4 Å². The van der Waals surface area contributed by atoms with Crippen LogP contribution < -0.4 is 5.32 Å². The molecular weight excluding hydrogens is 198 g/mol. The molecule has 1 aromatic rings. The van der Waals surface area contributed by atoms with Crippen molar-refractivity contribution in [3.8, 4) is 0 Å². The highest BCUT2D eigenvalue weighted by Gasteiger charge is 2.19. The lowest BCUT2D eigenvalue weighted by molar-refractivity contribution is 0.325. The minimum absolute atomic E-state index is 0.284. The number of aryl methyl sites for hydroxylation is 1. The first kappa shape index (κ1) is 13.2. The fourth-order valence-electron chi connectivity index (χ4n) is 1.77. The van der Waals surface area contributed by atoms with E-state index >= 15 is 0 Å². The molecule has 0 aliphatic carbocycles. The number of aromatic nitrogens is 2. The van der Waals surface area contributed by atoms with E-state index < -0.39 is 0 Å². The Hall–Kier alpha value is -0.830. The molecule has 0 atom stereocenters. The average molecular weight is 223 g/mol. The zero-order valence-electron chi connectivity index (χ0n) is 11.2. The SMILES string of the molecule is CCn1cc(CC(C)(C)CNC(C)C)cn1. The van der Waals surface area contributed by atoms with Gasteiger partial charge in [-0.25, -0.2) is 0 Å². The molecule has 0 radical (unpaired) electrons. The van der Waals surface area contributed by atoms with E-state index in [0.29, 0.717) is 6.04 Å². The first-order valence-corrected chi connectivity index (χ1v) is 6.17. The van der Waals surface area contributed by atoms with Crippen molar-refractivity contribution in [3.63, 3.8) is 0 Å². The number of hydrogen-bond acceptors (Lipinski definition) is 2. The van der Waals surface area contributed by atoms with Crippen LogP contribution in [0, 0.1) is 5.41 Å². The molecule has 0 saturated carbocycles. The predicted molar refractivity (Wildman–Crippen MR) is 68.5 cm³/mol. The maximum Gasteiger partial charge on any atom is 0.0521 e. The summed E-state index contributed by atoms with van der Waals surface area (Å²) in [6, 6.07) is 0.553. The highest BCUT2D eigenvalue weighted by Crippen LogP contribution is 2.20. The van der Waals surface area contributed by atoms with Crippen LogP contribution in [-0.4, -0.2) is 22.4 Å². The minimum atomic E-state index is 0.284. The van der Waals surface area contributed by atoms with Gasteiger partial charge in [-0.1, -0.05) is 27.7 Å². The largest absolute Gasteiger partial charge is 0.314 e. The molecule has 0 aliphatic heterocycles. The highest BCUT2D eigenvalue weighted by molar-refractivity contribution is 5.07. The van der Waals surface area contributed by atoms with Crippen molar-refractivity contribution in [1.82, 2.24) is 15.1 Å². The Morgan fingerprint density at radius 3 is 2.62 bits per heavy atom. The summed E-state index contributed by atoms with van der Waals surface area (Å²) in [5.41, 5.74) is 1.61. The zero-order chi connectivity index (χ0) is 12.2. The van der Waals surface area contributed by atoms with Gasteiger partial charge in [0.05, 0.1) is 6.20 Å². The van der Waals surface area contributed by atoms with Gasteiger partial charge in [-0.2, -0.15) is 5.10 Å². The molecule has 0 unspecified atom stereocenters. The van der Waals surface area contributed by atoms with E-state index in [9.17, 15) is 0 Å². The Kier molecular flexibility index (Phi) is 4.54. The molecule has 1 aromatic heterocycles. The molecule has 0 amide bonds. The van der Waals surface area contributed by atoms with Crippen molar-refractivity contribution in [1.29, 1.82) is 0 Å². The van der Waals surface area contributed by atoms with Crippen LogP contribution in [0.3, 0.4) is 0 Å². The zero-order valence-corrected chi connectivity index (χ0v) is 11.2. The van der Waals surface area contributed by atoms with Crippen LogP contribution in [-0.2, 0) is 13.0 Å². The van der Waals surface area contributed by atoms with Gasteiger partial charge in [-0.05, 0) is 24.3 Å². The molecule has 3 nitrogen and oxygen atoms in total. The summed E-state index contributed by atoms with van der Waals surface area (Å²) in [4.78, 5) is 0. The Bertz CT molecular complexity index is 313. The minimum Gasteiger partial charge on any atom is -0.314 e. The number of nitrogens with zero attached hydrogens (tertiary/aromatic N) is 2. The quantitative estimate of drug-likeness (QED) is 0.803. The van der Waals surface area contributed by atoms with E-state index in [1.54, 1.807) is 0 Å². The van der Waals surface area contributed by atoms with E-state index in [1.165, 1.54) is 5.56 Å². The average Bonchev–Trinajstić information content (AvgIpc) is 2.62. The standard InChI is InChI=1S/C13H25N3/c1-6-16-9-12(8-15-16)7-13(4,5)10-14-11(2)3/h8-9,11,14H,6-7,10H2,1-5H3. The first-order valence-electron chi connectivity index (χ1n) is 6.17. The molecule has 16 heavy (non-hydrogen) atoms. The third-order valence-electron chi connectivity index (χ3n) is 2.68. The van der Waals surface area contributed by atoms with E-state index in [-0.39, 0.29) is 5.41 Å². The molecule has 0 fully saturated rings. The molecule has 3 heteroatoms. The van der Waals surface area contributed by atoms with Crippen molar-refractivity contribution >= 4 is 0 Å². The smallest absolute Gasteiger partial charge is 0.0521 e. The predicted octanol–water partition coefficient (Wildman–Crippen LogP) is 2.47. The Labute approximate surface area is 99.2 Å². The van der Waals surface area contributed by atoms with Gasteiger partial charge < -0.3 is 5.32 Å². The van der Waals surface area contributed by atoms with Crippen LogP contribution >= 0.6 is 0 Å². The van der Waals surface area contributed by atoms with Crippen molar-refractivity contribution in [3.05, 3.63) is 18.0 Å². The van der Waals surface area contributed by atoms with Gasteiger partial charge in [0, 0.05) is 25.3 Å². The lowest BCUT2D eigenvalue weighted by atomic mass is 9.86. The van der Waals surface area contributed by atoms with Crippen LogP contribution in [0.25, 0.3) is 0 Å². The van der Waals surface area contributed by atoms with Crippen LogP contribution in [0.2, 0.25) is 0 Å². The lowest BCUT2D eigenvalue weighted by Crippen LogP contribution is -2.35. The monoisotopic (exact) mass is 223 g/mol. The lowest BCUT2D eigenvalue weighted by Gasteiger charge is -2.25. The van der Waals surface area contributed by atoms with Gasteiger partial charge in [0.25, 0.3) is 0 Å². The van der Waals surface area contributed by atoms with Crippen molar-refractivity contribution in [2.75, 3.05) is 6.54 Å². The third kappa shape index (κ3) is 4.35. The molecule has 0 aromatic carbocycles. The van der Waals surface area contributed by atoms with Gasteiger partial charge in [0.1, 0.15) is 0 Å². The fourth-order valence-corrected chi connectivity index (χ4v) is 1.77. The number of rotatable bonds is 6. The summed E-state index contributed by atoms with van der Waals surface area (Å²) in [6.07, 6.45) is 5.21. The molecular formula is C13H25N3. The summed E-state index contributed by atoms with van der Waals surface area (Å²) in [6.45, 7) is 13.1. The van der Waals surface area contributed by atoms with Gasteiger partial charge in [0.15, 0.2) is 0 Å². The van der Waals surface area contributed by atoms with Gasteiger partial charge in [0.2, 0.25) is 0 Å². The van der Waals surface area contributed by atoms with Crippen LogP contribution in [0.4, 0.5) is 0 Å². The Balaban J connectivity index is 2.50. The molecule has 0 spiro atoms. The molecule has 1 heterocycles. The summed E-state index contributed by atoms with van der Waals surface area (Å²) in [7, 11) is 0. The second-order valence-electron chi connectivity index (χ2n) is 5.58. The highest BCUT2D eigenvalue weighted by atomic mass is 15.3. The second-order valence-corrected chi connectivity index (χ2v) is 5.58. The molecule has 92 valence electrons. The van der Waals surface area contributed by atoms with E-state index in [1.807, 2.05) is 10.9 Å². The first-order chi connectivity index (χ1) is 7.43. The van der Waals surface area contributed by atoms with Crippen molar-refractivity contribution in [2.24, 2.45) is 5.41 Å². The van der Waals surface area contributed by atoms with Gasteiger partial charge in [-0.15, -0.1) is 0 Å². The molecule has 0 aliphatic rings. The normalized spacial score (nSPS) is 12.4. The van der Waals surface area contributed by atoms with Crippen molar-refractivity contribution in [2.45, 2.75) is 53.6 Å². The number of nitrogens with one attached hydrogen (secondary N) is 1. The van der Waals surface area contributed by atoms with E-state index in [0.717, 1.165) is 19.5 Å². The summed E-state index contributed by atoms with van der Waals surface area (Å²) >= 11 is 0. The maximum absolute atomic E-state index is 4.31. The topological polar surface area (TPSA) is 29.9 Å². The molecule has 1 N–H and O–H groups in total. The Morgan fingerprint density at radius 1 is 1.44 bits per heavy atom. The van der Waals surface area contributed by atoms with Crippen LogP contribution in [0.5, 0.6) is 0 Å². The summed E-state index contributed by atoms with van der Waals surface area (Å²) in [5, 5.41) is 7.81.